The van der Waals surface area contributed by atoms with Crippen molar-refractivity contribution in [2.24, 2.45) is 5.41 Å². The average Bonchev–Trinajstić information content (AvgIpc) is 2.35. The third-order valence-electron chi connectivity index (χ3n) is 2.44. The predicted molar refractivity (Wildman–Crippen MR) is 56.5 cm³/mol. The molecule has 0 aromatic rings. The van der Waals surface area contributed by atoms with E-state index in [0.29, 0.717) is 5.41 Å². The molecule has 1 saturated heterocycles. The first-order valence-corrected chi connectivity index (χ1v) is 5.25. The normalized spacial score (nSPS) is 22.2. The Kier molecular flexibility index (Phi) is 4.84. The van der Waals surface area contributed by atoms with Crippen LogP contribution in [0.5, 0.6) is 0 Å². The fraction of sp³-hybridized carbons (Fsp3) is 1.00. The molecule has 0 saturated carbocycles. The Morgan fingerprint density at radius 1 is 1.17 bits per heavy atom. The average molecular weight is 171 g/mol. The Hall–Kier alpha value is -0.0400. The van der Waals surface area contributed by atoms with Gasteiger partial charge in [-0.3, -0.25) is 0 Å². The fourth-order valence-corrected chi connectivity index (χ4v) is 1.59. The van der Waals surface area contributed by atoms with Crippen LogP contribution in [0.25, 0.3) is 0 Å². The van der Waals surface area contributed by atoms with Gasteiger partial charge in [0.2, 0.25) is 0 Å². The highest BCUT2D eigenvalue weighted by molar-refractivity contribution is 4.83. The van der Waals surface area contributed by atoms with Gasteiger partial charge in [-0.1, -0.05) is 27.7 Å². The number of likely N-dealkylation sites (tertiary alicyclic amines) is 1. The van der Waals surface area contributed by atoms with Crippen LogP contribution >= 0.6 is 0 Å². The lowest BCUT2D eigenvalue weighted by Gasteiger charge is -2.22. The Balaban J connectivity index is 0.000000561. The third-order valence-corrected chi connectivity index (χ3v) is 2.44. The van der Waals surface area contributed by atoms with E-state index in [4.69, 9.17) is 0 Å². The molecule has 0 spiro atoms. The standard InChI is InChI=1S/C9H19N.C2H6/c1-8(2)10-6-5-9(3,4)7-10;1-2/h8H,5-7H2,1-4H3;1-2H3. The fourth-order valence-electron chi connectivity index (χ4n) is 1.59. The van der Waals surface area contributed by atoms with Gasteiger partial charge in [0, 0.05) is 12.6 Å². The zero-order valence-electron chi connectivity index (χ0n) is 9.65. The summed E-state index contributed by atoms with van der Waals surface area (Å²) in [5.74, 6) is 0. The van der Waals surface area contributed by atoms with Crippen molar-refractivity contribution in [2.45, 2.75) is 54.0 Å². The van der Waals surface area contributed by atoms with Gasteiger partial charge in [-0.15, -0.1) is 0 Å². The molecular weight excluding hydrogens is 146 g/mol. The minimum atomic E-state index is 0.574. The summed E-state index contributed by atoms with van der Waals surface area (Å²) in [7, 11) is 0. The van der Waals surface area contributed by atoms with E-state index < -0.39 is 0 Å². The molecule has 1 heteroatoms. The second-order valence-electron chi connectivity index (χ2n) is 4.48. The Bertz CT molecular complexity index is 116. The van der Waals surface area contributed by atoms with Crippen molar-refractivity contribution in [3.8, 4) is 0 Å². The maximum Gasteiger partial charge on any atom is 0.00388 e. The Morgan fingerprint density at radius 2 is 1.67 bits per heavy atom. The number of hydrogen-bond acceptors (Lipinski definition) is 1. The molecule has 0 aromatic heterocycles. The van der Waals surface area contributed by atoms with Gasteiger partial charge in [-0.2, -0.15) is 0 Å². The molecule has 0 unspecified atom stereocenters. The number of hydrogen-bond donors (Lipinski definition) is 0. The van der Waals surface area contributed by atoms with Crippen LogP contribution < -0.4 is 0 Å². The summed E-state index contributed by atoms with van der Waals surface area (Å²) < 4.78 is 0. The van der Waals surface area contributed by atoms with Crippen molar-refractivity contribution < 1.29 is 0 Å². The molecule has 0 atom stereocenters. The minimum absolute atomic E-state index is 0.574. The first kappa shape index (κ1) is 12.0. The summed E-state index contributed by atoms with van der Waals surface area (Å²) in [5.41, 5.74) is 0.574. The first-order chi connectivity index (χ1) is 5.51. The monoisotopic (exact) mass is 171 g/mol. The molecular formula is C11H25N. The van der Waals surface area contributed by atoms with E-state index in [1.807, 2.05) is 13.8 Å². The highest BCUT2D eigenvalue weighted by atomic mass is 15.2. The van der Waals surface area contributed by atoms with Crippen LogP contribution in [0.3, 0.4) is 0 Å². The van der Waals surface area contributed by atoms with Crippen molar-refractivity contribution in [2.75, 3.05) is 13.1 Å². The zero-order valence-corrected chi connectivity index (χ0v) is 9.65. The smallest absolute Gasteiger partial charge is 0.00388 e. The van der Waals surface area contributed by atoms with E-state index in [9.17, 15) is 0 Å². The molecule has 1 fully saturated rings. The molecule has 1 aliphatic rings. The van der Waals surface area contributed by atoms with Crippen molar-refractivity contribution >= 4 is 0 Å². The molecule has 0 N–H and O–H groups in total. The summed E-state index contributed by atoms with van der Waals surface area (Å²) in [6.07, 6.45) is 1.37. The van der Waals surface area contributed by atoms with Crippen LogP contribution in [-0.4, -0.2) is 24.0 Å². The molecule has 12 heavy (non-hydrogen) atoms. The van der Waals surface area contributed by atoms with E-state index >= 15 is 0 Å². The summed E-state index contributed by atoms with van der Waals surface area (Å²) in [4.78, 5) is 2.56. The zero-order chi connectivity index (χ0) is 9.78. The SMILES string of the molecule is CC.CC(C)N1CCC(C)(C)C1. The van der Waals surface area contributed by atoms with Gasteiger partial charge < -0.3 is 4.90 Å². The Morgan fingerprint density at radius 3 is 1.83 bits per heavy atom. The summed E-state index contributed by atoms with van der Waals surface area (Å²) in [6, 6.07) is 0.738. The predicted octanol–water partition coefficient (Wildman–Crippen LogP) is 3.15. The lowest BCUT2D eigenvalue weighted by Crippen LogP contribution is -2.29. The van der Waals surface area contributed by atoms with E-state index in [1.54, 1.807) is 0 Å². The Labute approximate surface area is 78.1 Å². The third kappa shape index (κ3) is 3.57. The van der Waals surface area contributed by atoms with Crippen molar-refractivity contribution in [3.63, 3.8) is 0 Å². The molecule has 1 nitrogen and oxygen atoms in total. The number of nitrogens with zero attached hydrogens (tertiary/aromatic N) is 1. The second kappa shape index (κ2) is 4.86. The van der Waals surface area contributed by atoms with Gasteiger partial charge in [0.05, 0.1) is 0 Å². The molecule has 1 rings (SSSR count). The van der Waals surface area contributed by atoms with E-state index in [2.05, 4.69) is 32.6 Å². The van der Waals surface area contributed by atoms with Gasteiger partial charge in [0.25, 0.3) is 0 Å². The van der Waals surface area contributed by atoms with Crippen LogP contribution in [0.15, 0.2) is 0 Å². The molecule has 0 bridgehead atoms. The molecule has 0 aromatic carbocycles. The van der Waals surface area contributed by atoms with Crippen LogP contribution in [0.1, 0.15) is 48.0 Å². The quantitative estimate of drug-likeness (QED) is 0.586. The molecule has 1 heterocycles. The molecule has 74 valence electrons. The van der Waals surface area contributed by atoms with Crippen LogP contribution in [0.4, 0.5) is 0 Å². The molecule has 0 amide bonds. The van der Waals surface area contributed by atoms with Gasteiger partial charge in [0.1, 0.15) is 0 Å². The number of rotatable bonds is 1. The summed E-state index contributed by atoms with van der Waals surface area (Å²) >= 11 is 0. The van der Waals surface area contributed by atoms with Crippen LogP contribution in [0.2, 0.25) is 0 Å². The summed E-state index contributed by atoms with van der Waals surface area (Å²) in [6.45, 7) is 15.9. The molecule has 1 aliphatic heterocycles. The highest BCUT2D eigenvalue weighted by Crippen LogP contribution is 2.29. The topological polar surface area (TPSA) is 3.24 Å². The maximum atomic E-state index is 2.56. The van der Waals surface area contributed by atoms with Gasteiger partial charge >= 0.3 is 0 Å². The van der Waals surface area contributed by atoms with Gasteiger partial charge in [0.15, 0.2) is 0 Å². The highest BCUT2D eigenvalue weighted by Gasteiger charge is 2.29. The lowest BCUT2D eigenvalue weighted by atomic mass is 9.93. The van der Waals surface area contributed by atoms with E-state index in [-0.39, 0.29) is 0 Å². The summed E-state index contributed by atoms with van der Waals surface area (Å²) in [5, 5.41) is 0. The van der Waals surface area contributed by atoms with Crippen molar-refractivity contribution in [1.29, 1.82) is 0 Å². The second-order valence-corrected chi connectivity index (χ2v) is 4.48. The minimum Gasteiger partial charge on any atom is -0.300 e. The largest absolute Gasteiger partial charge is 0.300 e. The van der Waals surface area contributed by atoms with Gasteiger partial charge in [-0.05, 0) is 32.2 Å². The molecule has 0 radical (unpaired) electrons. The van der Waals surface area contributed by atoms with E-state index in [1.165, 1.54) is 19.5 Å². The first-order valence-electron chi connectivity index (χ1n) is 5.25. The van der Waals surface area contributed by atoms with Crippen LogP contribution in [0, 0.1) is 5.41 Å². The molecule has 0 aliphatic carbocycles. The van der Waals surface area contributed by atoms with Crippen LogP contribution in [-0.2, 0) is 0 Å². The maximum absolute atomic E-state index is 2.56. The van der Waals surface area contributed by atoms with Gasteiger partial charge in [-0.25, -0.2) is 0 Å². The van der Waals surface area contributed by atoms with Crippen molar-refractivity contribution in [1.82, 2.24) is 4.90 Å². The van der Waals surface area contributed by atoms with Crippen molar-refractivity contribution in [3.05, 3.63) is 0 Å². The lowest BCUT2D eigenvalue weighted by molar-refractivity contribution is 0.243. The van der Waals surface area contributed by atoms with E-state index in [0.717, 1.165) is 6.04 Å².